The summed E-state index contributed by atoms with van der Waals surface area (Å²) in [5.41, 5.74) is 0.672. The van der Waals surface area contributed by atoms with Crippen molar-refractivity contribution in [1.82, 2.24) is 5.16 Å². The molecule has 1 aromatic heterocycles. The fraction of sp³-hybridized carbons (Fsp3) is 0.625. The maximum Gasteiger partial charge on any atom is 0.264 e. The first-order valence-electron chi connectivity index (χ1n) is 4.18. The third-order valence-corrected chi connectivity index (χ3v) is 2.17. The molecule has 80 valence electrons. The van der Waals surface area contributed by atoms with Crippen LogP contribution < -0.4 is 0 Å². The van der Waals surface area contributed by atoms with E-state index in [-0.39, 0.29) is 12.5 Å². The van der Waals surface area contributed by atoms with Gasteiger partial charge in [0.25, 0.3) is 10.1 Å². The van der Waals surface area contributed by atoms with E-state index in [9.17, 15) is 8.42 Å². The largest absolute Gasteiger partial charge is 0.361 e. The van der Waals surface area contributed by atoms with E-state index in [1.807, 2.05) is 13.8 Å². The van der Waals surface area contributed by atoms with Crippen LogP contribution in [-0.2, 0) is 20.9 Å². The van der Waals surface area contributed by atoms with Crippen LogP contribution >= 0.6 is 0 Å². The minimum Gasteiger partial charge on any atom is -0.361 e. The lowest BCUT2D eigenvalue weighted by molar-refractivity contribution is 0.304. The van der Waals surface area contributed by atoms with Gasteiger partial charge in [-0.2, -0.15) is 8.42 Å². The monoisotopic (exact) mass is 219 g/mol. The molecule has 0 aromatic carbocycles. The number of aromatic nitrogens is 1. The SMILES string of the molecule is CC(C)c1oncc1COS(C)(=O)=O. The summed E-state index contributed by atoms with van der Waals surface area (Å²) in [6, 6.07) is 0. The molecule has 14 heavy (non-hydrogen) atoms. The predicted molar refractivity (Wildman–Crippen MR) is 50.2 cm³/mol. The lowest BCUT2D eigenvalue weighted by atomic mass is 10.1. The molecule has 1 rings (SSSR count). The highest BCUT2D eigenvalue weighted by Crippen LogP contribution is 2.19. The Balaban J connectivity index is 2.72. The molecule has 0 amide bonds. The van der Waals surface area contributed by atoms with Crippen molar-refractivity contribution in [3.63, 3.8) is 0 Å². The van der Waals surface area contributed by atoms with Gasteiger partial charge in [0.1, 0.15) is 5.76 Å². The van der Waals surface area contributed by atoms with Crippen LogP contribution in [0.5, 0.6) is 0 Å². The van der Waals surface area contributed by atoms with E-state index in [2.05, 4.69) is 9.34 Å². The van der Waals surface area contributed by atoms with E-state index in [0.29, 0.717) is 11.3 Å². The molecule has 0 saturated heterocycles. The molecular formula is C8H13NO4S. The number of rotatable bonds is 4. The third-order valence-electron chi connectivity index (χ3n) is 1.63. The number of hydrogen-bond donors (Lipinski definition) is 0. The normalized spacial score (nSPS) is 12.3. The van der Waals surface area contributed by atoms with Gasteiger partial charge in [0.2, 0.25) is 0 Å². The van der Waals surface area contributed by atoms with Crippen LogP contribution in [0.2, 0.25) is 0 Å². The van der Waals surface area contributed by atoms with Crippen molar-refractivity contribution >= 4 is 10.1 Å². The Bertz CT molecular complexity index is 393. The van der Waals surface area contributed by atoms with Crippen LogP contribution in [0.15, 0.2) is 10.7 Å². The molecular weight excluding hydrogens is 206 g/mol. The molecule has 0 aliphatic heterocycles. The summed E-state index contributed by atoms with van der Waals surface area (Å²) < 4.78 is 31.1. The van der Waals surface area contributed by atoms with Crippen LogP contribution in [0.4, 0.5) is 0 Å². The molecule has 6 heteroatoms. The zero-order valence-corrected chi connectivity index (χ0v) is 9.17. The van der Waals surface area contributed by atoms with E-state index >= 15 is 0 Å². The van der Waals surface area contributed by atoms with Crippen molar-refractivity contribution in [1.29, 1.82) is 0 Å². The standard InChI is InChI=1S/C8H13NO4S/c1-6(2)8-7(4-9-13-8)5-12-14(3,10)11/h4,6H,5H2,1-3H3. The summed E-state index contributed by atoms with van der Waals surface area (Å²) in [5, 5.41) is 3.59. The Morgan fingerprint density at radius 3 is 2.71 bits per heavy atom. The first-order valence-corrected chi connectivity index (χ1v) is 5.99. The van der Waals surface area contributed by atoms with E-state index in [1.165, 1.54) is 6.20 Å². The van der Waals surface area contributed by atoms with Gasteiger partial charge in [0, 0.05) is 11.5 Å². The molecule has 0 unspecified atom stereocenters. The fourth-order valence-electron chi connectivity index (χ4n) is 1.02. The second-order valence-corrected chi connectivity index (χ2v) is 4.98. The maximum absolute atomic E-state index is 10.7. The third kappa shape index (κ3) is 3.12. The highest BCUT2D eigenvalue weighted by molar-refractivity contribution is 7.85. The molecule has 0 aliphatic carbocycles. The van der Waals surface area contributed by atoms with Gasteiger partial charge in [0.05, 0.1) is 19.1 Å². The maximum atomic E-state index is 10.7. The van der Waals surface area contributed by atoms with Crippen molar-refractivity contribution in [2.24, 2.45) is 0 Å². The summed E-state index contributed by atoms with van der Waals surface area (Å²) >= 11 is 0. The van der Waals surface area contributed by atoms with Gasteiger partial charge in [-0.1, -0.05) is 19.0 Å². The van der Waals surface area contributed by atoms with Gasteiger partial charge in [0.15, 0.2) is 0 Å². The average Bonchev–Trinajstić information content (AvgIpc) is 2.46. The minimum absolute atomic E-state index is 0.0180. The van der Waals surface area contributed by atoms with Gasteiger partial charge < -0.3 is 4.52 Å². The molecule has 0 N–H and O–H groups in total. The van der Waals surface area contributed by atoms with Crippen LogP contribution in [0.3, 0.4) is 0 Å². The summed E-state index contributed by atoms with van der Waals surface area (Å²) in [7, 11) is -3.41. The molecule has 5 nitrogen and oxygen atoms in total. The van der Waals surface area contributed by atoms with Gasteiger partial charge in [-0.05, 0) is 0 Å². The fourth-order valence-corrected chi connectivity index (χ4v) is 1.37. The van der Waals surface area contributed by atoms with Crippen molar-refractivity contribution < 1.29 is 17.1 Å². The average molecular weight is 219 g/mol. The van der Waals surface area contributed by atoms with Crippen molar-refractivity contribution in [2.75, 3.05) is 6.26 Å². The molecule has 0 fully saturated rings. The molecule has 0 bridgehead atoms. The zero-order valence-electron chi connectivity index (χ0n) is 8.35. The molecule has 0 saturated carbocycles. The second-order valence-electron chi connectivity index (χ2n) is 3.34. The Kier molecular flexibility index (Phi) is 3.28. The smallest absolute Gasteiger partial charge is 0.264 e. The van der Waals surface area contributed by atoms with Crippen molar-refractivity contribution in [3.8, 4) is 0 Å². The first kappa shape index (κ1) is 11.2. The van der Waals surface area contributed by atoms with E-state index < -0.39 is 10.1 Å². The Labute approximate surface area is 83.2 Å². The van der Waals surface area contributed by atoms with Crippen LogP contribution in [0.25, 0.3) is 0 Å². The Morgan fingerprint density at radius 2 is 2.21 bits per heavy atom. The summed E-state index contributed by atoms with van der Waals surface area (Å²) in [6.45, 7) is 3.85. The summed E-state index contributed by atoms with van der Waals surface area (Å²) in [4.78, 5) is 0. The first-order chi connectivity index (χ1) is 6.40. The molecule has 1 heterocycles. The van der Waals surface area contributed by atoms with Crippen molar-refractivity contribution in [3.05, 3.63) is 17.5 Å². The van der Waals surface area contributed by atoms with Crippen LogP contribution in [0, 0.1) is 0 Å². The Hall–Kier alpha value is -0.880. The van der Waals surface area contributed by atoms with Crippen molar-refractivity contribution in [2.45, 2.75) is 26.4 Å². The minimum atomic E-state index is -3.41. The summed E-state index contributed by atoms with van der Waals surface area (Å²) in [6.07, 6.45) is 2.48. The quantitative estimate of drug-likeness (QED) is 0.713. The van der Waals surface area contributed by atoms with E-state index in [1.54, 1.807) is 0 Å². The predicted octanol–water partition coefficient (Wildman–Crippen LogP) is 1.27. The lowest BCUT2D eigenvalue weighted by Crippen LogP contribution is -2.03. The zero-order chi connectivity index (χ0) is 10.8. The highest BCUT2D eigenvalue weighted by Gasteiger charge is 2.13. The van der Waals surface area contributed by atoms with E-state index in [4.69, 9.17) is 4.52 Å². The molecule has 1 aromatic rings. The molecule has 0 aliphatic rings. The molecule has 0 radical (unpaired) electrons. The highest BCUT2D eigenvalue weighted by atomic mass is 32.2. The summed E-state index contributed by atoms with van der Waals surface area (Å²) in [5.74, 6) is 0.823. The lowest BCUT2D eigenvalue weighted by Gasteiger charge is -2.03. The van der Waals surface area contributed by atoms with Crippen LogP contribution in [-0.4, -0.2) is 19.8 Å². The topological polar surface area (TPSA) is 69.4 Å². The van der Waals surface area contributed by atoms with Gasteiger partial charge in [-0.15, -0.1) is 0 Å². The van der Waals surface area contributed by atoms with E-state index in [0.717, 1.165) is 6.26 Å². The number of nitrogens with zero attached hydrogens (tertiary/aromatic N) is 1. The molecule has 0 atom stereocenters. The second kappa shape index (κ2) is 4.10. The number of hydrogen-bond acceptors (Lipinski definition) is 5. The van der Waals surface area contributed by atoms with Gasteiger partial charge in [-0.25, -0.2) is 0 Å². The Morgan fingerprint density at radius 1 is 1.57 bits per heavy atom. The van der Waals surface area contributed by atoms with Crippen LogP contribution in [0.1, 0.15) is 31.1 Å². The van der Waals surface area contributed by atoms with Gasteiger partial charge in [-0.3, -0.25) is 4.18 Å². The van der Waals surface area contributed by atoms with Gasteiger partial charge >= 0.3 is 0 Å². The molecule has 0 spiro atoms.